The van der Waals surface area contributed by atoms with Crippen molar-refractivity contribution in [1.29, 1.82) is 0 Å². The SMILES string of the molecule is Cn1nccc1C1CCN(C(=O)Nc2nc(C(C)(C)C)ns2)CC1. The quantitative estimate of drug-likeness (QED) is 0.905. The summed E-state index contributed by atoms with van der Waals surface area (Å²) in [4.78, 5) is 18.7. The monoisotopic (exact) mass is 348 g/mol. The minimum Gasteiger partial charge on any atom is -0.324 e. The highest BCUT2D eigenvalue weighted by atomic mass is 32.1. The Labute approximate surface area is 146 Å². The van der Waals surface area contributed by atoms with Crippen LogP contribution in [0.1, 0.15) is 51.0 Å². The number of urea groups is 1. The summed E-state index contributed by atoms with van der Waals surface area (Å²) in [6.45, 7) is 7.66. The van der Waals surface area contributed by atoms with E-state index in [1.165, 1.54) is 17.2 Å². The van der Waals surface area contributed by atoms with E-state index < -0.39 is 0 Å². The molecule has 130 valence electrons. The van der Waals surface area contributed by atoms with E-state index in [0.717, 1.165) is 31.8 Å². The van der Waals surface area contributed by atoms with Crippen LogP contribution in [-0.2, 0) is 12.5 Å². The van der Waals surface area contributed by atoms with Crippen LogP contribution < -0.4 is 5.32 Å². The lowest BCUT2D eigenvalue weighted by atomic mass is 9.93. The molecule has 8 heteroatoms. The van der Waals surface area contributed by atoms with Gasteiger partial charge in [-0.25, -0.2) is 9.78 Å². The smallest absolute Gasteiger partial charge is 0.323 e. The fourth-order valence-corrected chi connectivity index (χ4v) is 3.66. The molecule has 1 saturated heterocycles. The van der Waals surface area contributed by atoms with Crippen LogP contribution in [0.5, 0.6) is 0 Å². The molecule has 3 rings (SSSR count). The van der Waals surface area contributed by atoms with E-state index in [-0.39, 0.29) is 11.4 Å². The van der Waals surface area contributed by atoms with Crippen molar-refractivity contribution in [3.63, 3.8) is 0 Å². The van der Waals surface area contributed by atoms with E-state index in [1.807, 2.05) is 22.8 Å². The zero-order chi connectivity index (χ0) is 17.3. The van der Waals surface area contributed by atoms with Crippen LogP contribution in [0, 0.1) is 0 Å². The maximum Gasteiger partial charge on any atom is 0.323 e. The van der Waals surface area contributed by atoms with Crippen LogP contribution in [0.2, 0.25) is 0 Å². The van der Waals surface area contributed by atoms with Gasteiger partial charge in [0.05, 0.1) is 0 Å². The number of nitrogens with one attached hydrogen (secondary N) is 1. The standard InChI is InChI=1S/C16H24N6OS/c1-16(2,3)13-18-14(24-20-13)19-15(23)22-9-6-11(7-10-22)12-5-8-17-21(12)4/h5,8,11H,6-7,9-10H2,1-4H3,(H,18,19,20,23). The molecule has 1 aliphatic heterocycles. The van der Waals surface area contributed by atoms with E-state index in [1.54, 1.807) is 0 Å². The summed E-state index contributed by atoms with van der Waals surface area (Å²) >= 11 is 1.24. The number of amides is 2. The molecule has 0 spiro atoms. The average molecular weight is 348 g/mol. The molecule has 7 nitrogen and oxygen atoms in total. The van der Waals surface area contributed by atoms with E-state index in [9.17, 15) is 4.79 Å². The van der Waals surface area contributed by atoms with E-state index in [4.69, 9.17) is 0 Å². The summed E-state index contributed by atoms with van der Waals surface area (Å²) in [5.74, 6) is 1.23. The largest absolute Gasteiger partial charge is 0.324 e. The number of hydrogen-bond donors (Lipinski definition) is 1. The molecule has 2 amide bonds. The van der Waals surface area contributed by atoms with Crippen LogP contribution in [0.15, 0.2) is 12.3 Å². The Kier molecular flexibility index (Phi) is 4.58. The van der Waals surface area contributed by atoms with Crippen molar-refractivity contribution in [2.45, 2.75) is 44.9 Å². The van der Waals surface area contributed by atoms with Crippen molar-refractivity contribution in [3.8, 4) is 0 Å². The van der Waals surface area contributed by atoms with Gasteiger partial charge in [0.2, 0.25) is 5.13 Å². The summed E-state index contributed by atoms with van der Waals surface area (Å²) in [5, 5.41) is 7.68. The predicted molar refractivity (Wildman–Crippen MR) is 94.4 cm³/mol. The second-order valence-corrected chi connectivity index (χ2v) is 8.00. The van der Waals surface area contributed by atoms with Gasteiger partial charge in [0, 0.05) is 54.9 Å². The first-order valence-electron chi connectivity index (χ1n) is 8.22. The predicted octanol–water partition coefficient (Wildman–Crippen LogP) is 2.98. The molecule has 0 aromatic carbocycles. The minimum atomic E-state index is -0.110. The minimum absolute atomic E-state index is 0.0879. The highest BCUT2D eigenvalue weighted by Gasteiger charge is 2.26. The van der Waals surface area contributed by atoms with Gasteiger partial charge in [-0.05, 0) is 18.9 Å². The van der Waals surface area contributed by atoms with Crippen molar-refractivity contribution < 1.29 is 4.79 Å². The molecule has 0 saturated carbocycles. The number of carbonyl (C=O) groups is 1. The number of piperidine rings is 1. The molecule has 0 bridgehead atoms. The summed E-state index contributed by atoms with van der Waals surface area (Å²) in [7, 11) is 1.97. The number of aromatic nitrogens is 4. The van der Waals surface area contributed by atoms with E-state index >= 15 is 0 Å². The van der Waals surface area contributed by atoms with Crippen molar-refractivity contribution >= 4 is 22.7 Å². The molecule has 0 aliphatic carbocycles. The van der Waals surface area contributed by atoms with Gasteiger partial charge in [-0.15, -0.1) is 0 Å². The van der Waals surface area contributed by atoms with Crippen LogP contribution >= 0.6 is 11.5 Å². The maximum absolute atomic E-state index is 12.4. The Balaban J connectivity index is 1.56. The van der Waals surface area contributed by atoms with Gasteiger partial charge in [0.25, 0.3) is 0 Å². The third kappa shape index (κ3) is 3.58. The molecule has 2 aromatic heterocycles. The average Bonchev–Trinajstić information content (AvgIpc) is 3.16. The van der Waals surface area contributed by atoms with Crippen molar-refractivity contribution in [1.82, 2.24) is 24.0 Å². The molecule has 0 radical (unpaired) electrons. The number of hydrogen-bond acceptors (Lipinski definition) is 5. The Hall–Kier alpha value is -1.96. The lowest BCUT2D eigenvalue weighted by molar-refractivity contribution is 0.193. The topological polar surface area (TPSA) is 75.9 Å². The molecule has 2 aromatic rings. The van der Waals surface area contributed by atoms with Gasteiger partial charge in [-0.1, -0.05) is 20.8 Å². The maximum atomic E-state index is 12.4. The number of carbonyl (C=O) groups excluding carboxylic acids is 1. The molecule has 0 unspecified atom stereocenters. The molecule has 0 atom stereocenters. The van der Waals surface area contributed by atoms with Crippen LogP contribution in [0.25, 0.3) is 0 Å². The first-order chi connectivity index (χ1) is 11.3. The van der Waals surface area contributed by atoms with Crippen molar-refractivity contribution in [3.05, 3.63) is 23.8 Å². The molecule has 24 heavy (non-hydrogen) atoms. The number of anilines is 1. The van der Waals surface area contributed by atoms with Gasteiger partial charge < -0.3 is 4.90 Å². The Morgan fingerprint density at radius 2 is 2.04 bits per heavy atom. The molecular formula is C16H24N6OS. The number of likely N-dealkylation sites (tertiary alicyclic amines) is 1. The van der Waals surface area contributed by atoms with E-state index in [2.05, 4.69) is 46.6 Å². The normalized spacial score (nSPS) is 16.4. The van der Waals surface area contributed by atoms with Crippen LogP contribution in [0.4, 0.5) is 9.93 Å². The highest BCUT2D eigenvalue weighted by molar-refractivity contribution is 7.09. The first kappa shape index (κ1) is 16.9. The Morgan fingerprint density at radius 1 is 1.33 bits per heavy atom. The zero-order valence-corrected chi connectivity index (χ0v) is 15.4. The molecule has 1 aliphatic rings. The van der Waals surface area contributed by atoms with Crippen LogP contribution in [-0.4, -0.2) is 43.2 Å². The molecular weight excluding hydrogens is 324 g/mol. The fourth-order valence-electron chi connectivity index (χ4n) is 2.91. The molecule has 1 N–H and O–H groups in total. The lowest BCUT2D eigenvalue weighted by Gasteiger charge is -2.31. The van der Waals surface area contributed by atoms with Crippen molar-refractivity contribution in [2.24, 2.45) is 7.05 Å². The zero-order valence-electron chi connectivity index (χ0n) is 14.6. The van der Waals surface area contributed by atoms with Gasteiger partial charge in [0.1, 0.15) is 5.82 Å². The second-order valence-electron chi connectivity index (χ2n) is 7.24. The number of rotatable bonds is 2. The Morgan fingerprint density at radius 3 is 2.58 bits per heavy atom. The summed E-state index contributed by atoms with van der Waals surface area (Å²) < 4.78 is 6.26. The third-order valence-electron chi connectivity index (χ3n) is 4.37. The Bertz CT molecular complexity index is 708. The van der Waals surface area contributed by atoms with Gasteiger partial charge in [-0.2, -0.15) is 9.47 Å². The summed E-state index contributed by atoms with van der Waals surface area (Å²) in [5.41, 5.74) is 1.13. The fraction of sp³-hybridized carbons (Fsp3) is 0.625. The van der Waals surface area contributed by atoms with Gasteiger partial charge in [0.15, 0.2) is 0 Å². The van der Waals surface area contributed by atoms with Gasteiger partial charge in [-0.3, -0.25) is 10.00 Å². The third-order valence-corrected chi connectivity index (χ3v) is 5.00. The summed E-state index contributed by atoms with van der Waals surface area (Å²) in [6, 6.07) is 1.98. The van der Waals surface area contributed by atoms with Gasteiger partial charge >= 0.3 is 6.03 Å². The highest BCUT2D eigenvalue weighted by Crippen LogP contribution is 2.28. The first-order valence-corrected chi connectivity index (χ1v) is 9.00. The van der Waals surface area contributed by atoms with E-state index in [0.29, 0.717) is 11.0 Å². The van der Waals surface area contributed by atoms with Crippen LogP contribution in [0.3, 0.4) is 0 Å². The number of aryl methyl sites for hydroxylation is 1. The second kappa shape index (κ2) is 6.51. The van der Waals surface area contributed by atoms with Crippen molar-refractivity contribution in [2.75, 3.05) is 18.4 Å². The number of nitrogens with zero attached hydrogens (tertiary/aromatic N) is 5. The lowest BCUT2D eigenvalue weighted by Crippen LogP contribution is -2.40. The molecule has 3 heterocycles. The molecule has 1 fully saturated rings. The summed E-state index contributed by atoms with van der Waals surface area (Å²) in [6.07, 6.45) is 3.74.